The molecule has 2 aliphatic rings. The maximum atomic E-state index is 10.6. The number of halogens is 6. The van der Waals surface area contributed by atoms with Crippen LogP contribution in [0.15, 0.2) is 12.3 Å². The number of aryl methyl sites for hydroxylation is 2. The minimum Gasteiger partial charge on any atom is -0.475 e. The zero-order chi connectivity index (χ0) is 31.0. The third kappa shape index (κ3) is 11.5. The van der Waals surface area contributed by atoms with Crippen LogP contribution < -0.4 is 4.90 Å². The van der Waals surface area contributed by atoms with E-state index in [1.54, 1.807) is 0 Å². The number of anilines is 1. The minimum absolute atomic E-state index is 0.203. The Balaban J connectivity index is 0.000000349. The number of rotatable bonds is 4. The normalized spacial score (nSPS) is 18.6. The zero-order valence-corrected chi connectivity index (χ0v) is 22.2. The monoisotopic (exact) mass is 599 g/mol. The summed E-state index contributed by atoms with van der Waals surface area (Å²) >= 11 is 0. The number of piperidine rings is 2. The topological polar surface area (TPSA) is 158 Å². The van der Waals surface area contributed by atoms with Gasteiger partial charge in [-0.15, -0.1) is 5.10 Å². The van der Waals surface area contributed by atoms with E-state index in [-0.39, 0.29) is 6.10 Å². The molecule has 230 valence electrons. The number of hydrogen-bond donors (Lipinski definition) is 3. The molecule has 0 spiro atoms. The van der Waals surface area contributed by atoms with E-state index >= 15 is 0 Å². The molecule has 0 saturated carbocycles. The molecule has 1 atom stereocenters. The molecule has 0 aromatic carbocycles. The molecule has 2 aromatic heterocycles. The maximum Gasteiger partial charge on any atom is 0.490 e. The number of β-amino-alcohol motifs (C(OH)–C–C–N with tert-alkyl or cyclic N) is 1. The van der Waals surface area contributed by atoms with Gasteiger partial charge in [0.2, 0.25) is 5.95 Å². The first-order valence-electron chi connectivity index (χ1n) is 12.4. The number of alkyl halides is 6. The third-order valence-electron chi connectivity index (χ3n) is 6.00. The summed E-state index contributed by atoms with van der Waals surface area (Å²) in [6.45, 7) is 8.43. The van der Waals surface area contributed by atoms with Crippen LogP contribution in [0.3, 0.4) is 0 Å². The first kappa shape index (κ1) is 33.7. The van der Waals surface area contributed by atoms with E-state index in [2.05, 4.69) is 36.3 Å². The summed E-state index contributed by atoms with van der Waals surface area (Å²) in [5.74, 6) is -4.67. The van der Waals surface area contributed by atoms with E-state index in [0.29, 0.717) is 6.04 Å². The van der Waals surface area contributed by atoms with E-state index in [9.17, 15) is 31.4 Å². The van der Waals surface area contributed by atoms with Crippen molar-refractivity contribution >= 4 is 17.9 Å². The Morgan fingerprint density at radius 3 is 1.90 bits per heavy atom. The first-order valence-corrected chi connectivity index (χ1v) is 12.4. The van der Waals surface area contributed by atoms with Crippen molar-refractivity contribution in [1.82, 2.24) is 29.9 Å². The highest BCUT2D eigenvalue weighted by Crippen LogP contribution is 2.25. The van der Waals surface area contributed by atoms with E-state index < -0.39 is 24.3 Å². The summed E-state index contributed by atoms with van der Waals surface area (Å²) in [7, 11) is 0. The fourth-order valence-electron chi connectivity index (χ4n) is 4.15. The molecule has 12 nitrogen and oxygen atoms in total. The van der Waals surface area contributed by atoms with Gasteiger partial charge in [0.25, 0.3) is 0 Å². The fraction of sp³-hybridized carbons (Fsp3) is 0.652. The van der Waals surface area contributed by atoms with Gasteiger partial charge in [-0.1, -0.05) is 5.21 Å². The summed E-state index contributed by atoms with van der Waals surface area (Å²) in [4.78, 5) is 31.5. The van der Waals surface area contributed by atoms with Crippen LogP contribution in [0.4, 0.5) is 32.3 Å². The molecular weight excluding hydrogens is 568 g/mol. The van der Waals surface area contributed by atoms with Gasteiger partial charge in [0, 0.05) is 37.6 Å². The van der Waals surface area contributed by atoms with Crippen molar-refractivity contribution < 1.29 is 51.3 Å². The second-order valence-electron chi connectivity index (χ2n) is 9.50. The minimum atomic E-state index is -5.08. The lowest BCUT2D eigenvalue weighted by Crippen LogP contribution is -2.37. The van der Waals surface area contributed by atoms with Crippen molar-refractivity contribution in [2.75, 3.05) is 31.1 Å². The van der Waals surface area contributed by atoms with E-state index in [1.165, 1.54) is 0 Å². The highest BCUT2D eigenvalue weighted by Gasteiger charge is 2.39. The van der Waals surface area contributed by atoms with Crippen molar-refractivity contribution in [2.24, 2.45) is 0 Å². The van der Waals surface area contributed by atoms with Crippen LogP contribution in [-0.4, -0.2) is 102 Å². The highest BCUT2D eigenvalue weighted by molar-refractivity contribution is 5.73. The summed E-state index contributed by atoms with van der Waals surface area (Å²) in [6.07, 6.45) is -4.30. The Morgan fingerprint density at radius 1 is 0.927 bits per heavy atom. The van der Waals surface area contributed by atoms with E-state index in [1.807, 2.05) is 24.6 Å². The lowest BCUT2D eigenvalue weighted by atomic mass is 10.1. The average molecular weight is 600 g/mol. The van der Waals surface area contributed by atoms with Gasteiger partial charge in [0.15, 0.2) is 0 Å². The quantitative estimate of drug-likeness (QED) is 0.444. The number of aliphatic carboxylic acids is 2. The third-order valence-corrected chi connectivity index (χ3v) is 6.00. The average Bonchev–Trinajstić information content (AvgIpc) is 3.31. The van der Waals surface area contributed by atoms with Gasteiger partial charge in [-0.05, 0) is 52.1 Å². The Bertz CT molecular complexity index is 1110. The smallest absolute Gasteiger partial charge is 0.475 e. The fourth-order valence-corrected chi connectivity index (χ4v) is 4.15. The predicted octanol–water partition coefficient (Wildman–Crippen LogP) is 2.75. The Labute approximate surface area is 230 Å². The number of likely N-dealkylation sites (tertiary alicyclic amines) is 1. The molecular formula is C23H31F6N7O5. The number of carbonyl (C=O) groups is 2. The van der Waals surface area contributed by atoms with Crippen LogP contribution in [0.25, 0.3) is 0 Å². The first-order chi connectivity index (χ1) is 19.0. The molecule has 3 N–H and O–H groups in total. The van der Waals surface area contributed by atoms with Gasteiger partial charge < -0.3 is 20.2 Å². The van der Waals surface area contributed by atoms with Gasteiger partial charge in [-0.3, -0.25) is 4.90 Å². The Kier molecular flexibility index (Phi) is 11.8. The second-order valence-corrected chi connectivity index (χ2v) is 9.50. The van der Waals surface area contributed by atoms with Gasteiger partial charge >= 0.3 is 24.3 Å². The van der Waals surface area contributed by atoms with Crippen molar-refractivity contribution in [3.05, 3.63) is 29.3 Å². The summed E-state index contributed by atoms with van der Waals surface area (Å²) in [5.41, 5.74) is 3.02. The molecule has 2 fully saturated rings. The SMILES string of the molecule is Cc1cc(C)nc(N2CCC(n3cc(CN4CCCC(O)C4)nn3)CC2)n1.O=C(O)C(F)(F)F.O=C(O)C(F)(F)F. The number of carboxylic acid groups (broad SMARTS) is 2. The number of aromatic nitrogens is 5. The summed E-state index contributed by atoms with van der Waals surface area (Å²) in [6, 6.07) is 2.38. The standard InChI is InChI=1S/C19H29N7O.2C2HF3O2/c1-14-10-15(2)21-19(20-14)25-8-5-17(6-9-25)26-12-16(22-23-26)11-24-7-3-4-18(27)13-24;2*3-2(4,5)1(6)7/h10,12,17-18,27H,3-9,11,13H2,1-2H3;2*(H,6,7). The molecule has 2 aliphatic heterocycles. The van der Waals surface area contributed by atoms with Gasteiger partial charge in [0.1, 0.15) is 0 Å². The largest absolute Gasteiger partial charge is 0.490 e. The predicted molar refractivity (Wildman–Crippen MR) is 130 cm³/mol. The zero-order valence-electron chi connectivity index (χ0n) is 22.2. The molecule has 1 unspecified atom stereocenters. The van der Waals surface area contributed by atoms with E-state index in [0.717, 1.165) is 81.4 Å². The molecule has 0 amide bonds. The molecule has 4 heterocycles. The van der Waals surface area contributed by atoms with Gasteiger partial charge in [-0.25, -0.2) is 24.2 Å². The van der Waals surface area contributed by atoms with Crippen LogP contribution >= 0.6 is 0 Å². The number of hydrogen-bond acceptors (Lipinski definition) is 9. The highest BCUT2D eigenvalue weighted by atomic mass is 19.4. The maximum absolute atomic E-state index is 10.6. The van der Waals surface area contributed by atoms with Crippen LogP contribution in [0, 0.1) is 13.8 Å². The molecule has 2 saturated heterocycles. The molecule has 41 heavy (non-hydrogen) atoms. The molecule has 2 aromatic rings. The van der Waals surface area contributed by atoms with Crippen molar-refractivity contribution in [2.45, 2.75) is 70.6 Å². The molecule has 0 radical (unpaired) electrons. The number of carboxylic acids is 2. The van der Waals surface area contributed by atoms with Crippen LogP contribution in [-0.2, 0) is 16.1 Å². The summed E-state index contributed by atoms with van der Waals surface area (Å²) < 4.78 is 65.5. The van der Waals surface area contributed by atoms with Gasteiger partial charge in [0.05, 0.1) is 24.0 Å². The van der Waals surface area contributed by atoms with Crippen molar-refractivity contribution in [1.29, 1.82) is 0 Å². The Morgan fingerprint density at radius 2 is 1.44 bits per heavy atom. The summed E-state index contributed by atoms with van der Waals surface area (Å²) in [5, 5.41) is 32.8. The molecule has 18 heteroatoms. The lowest BCUT2D eigenvalue weighted by molar-refractivity contribution is -0.193. The number of aliphatic hydroxyl groups excluding tert-OH is 1. The molecule has 0 bridgehead atoms. The Hall–Kier alpha value is -3.54. The van der Waals surface area contributed by atoms with Crippen LogP contribution in [0.5, 0.6) is 0 Å². The number of aliphatic hydroxyl groups is 1. The van der Waals surface area contributed by atoms with Crippen molar-refractivity contribution in [3.63, 3.8) is 0 Å². The van der Waals surface area contributed by atoms with Crippen LogP contribution in [0.2, 0.25) is 0 Å². The van der Waals surface area contributed by atoms with Crippen LogP contribution in [0.1, 0.15) is 48.8 Å². The molecule has 4 rings (SSSR count). The van der Waals surface area contributed by atoms with Crippen molar-refractivity contribution in [3.8, 4) is 0 Å². The molecule has 0 aliphatic carbocycles. The van der Waals surface area contributed by atoms with E-state index in [4.69, 9.17) is 19.8 Å². The number of nitrogens with zero attached hydrogens (tertiary/aromatic N) is 7. The van der Waals surface area contributed by atoms with Gasteiger partial charge in [-0.2, -0.15) is 26.3 Å². The second kappa shape index (κ2) is 14.4. The lowest BCUT2D eigenvalue weighted by Gasteiger charge is -2.32.